The smallest absolute Gasteiger partial charge is 0.390 e. The molecule has 1 aromatic heterocycles. The SMILES string of the molecule is Cc1ncc(CO)c([C@@H](N)CC(F)(F)F)c1O.Cl. The maximum Gasteiger partial charge on any atom is 0.390 e. The molecule has 4 N–H and O–H groups in total. The van der Waals surface area contributed by atoms with Gasteiger partial charge in [-0.05, 0) is 6.92 Å². The number of aliphatic hydroxyl groups excluding tert-OH is 1. The average molecular weight is 287 g/mol. The molecule has 1 aromatic rings. The summed E-state index contributed by atoms with van der Waals surface area (Å²) in [6, 6.07) is -1.42. The number of aromatic nitrogens is 1. The zero-order valence-electron chi connectivity index (χ0n) is 9.53. The van der Waals surface area contributed by atoms with E-state index in [0.29, 0.717) is 0 Å². The van der Waals surface area contributed by atoms with Crippen LogP contribution in [-0.4, -0.2) is 21.4 Å². The van der Waals surface area contributed by atoms with Gasteiger partial charge < -0.3 is 15.9 Å². The number of nitrogens with zero attached hydrogens (tertiary/aromatic N) is 1. The molecule has 0 radical (unpaired) electrons. The molecule has 0 aliphatic rings. The highest BCUT2D eigenvalue weighted by molar-refractivity contribution is 5.85. The van der Waals surface area contributed by atoms with E-state index in [-0.39, 0.29) is 29.2 Å². The van der Waals surface area contributed by atoms with Crippen LogP contribution in [0.25, 0.3) is 0 Å². The van der Waals surface area contributed by atoms with Crippen LogP contribution in [0.2, 0.25) is 0 Å². The quantitative estimate of drug-likeness (QED) is 0.793. The third-order valence-electron chi connectivity index (χ3n) is 2.35. The molecule has 0 saturated carbocycles. The molecule has 4 nitrogen and oxygen atoms in total. The molecule has 0 amide bonds. The number of aromatic hydroxyl groups is 1. The van der Waals surface area contributed by atoms with Crippen LogP contribution in [0.4, 0.5) is 13.2 Å². The lowest BCUT2D eigenvalue weighted by Crippen LogP contribution is -2.22. The van der Waals surface area contributed by atoms with E-state index in [9.17, 15) is 18.3 Å². The van der Waals surface area contributed by atoms with E-state index in [2.05, 4.69) is 4.98 Å². The summed E-state index contributed by atoms with van der Waals surface area (Å²) < 4.78 is 36.7. The van der Waals surface area contributed by atoms with E-state index in [1.54, 1.807) is 0 Å². The lowest BCUT2D eigenvalue weighted by atomic mass is 9.98. The fourth-order valence-corrected chi connectivity index (χ4v) is 1.54. The van der Waals surface area contributed by atoms with Gasteiger partial charge in [-0.15, -0.1) is 12.4 Å². The van der Waals surface area contributed by atoms with Crippen molar-refractivity contribution in [3.05, 3.63) is 23.0 Å². The highest BCUT2D eigenvalue weighted by atomic mass is 35.5. The number of pyridine rings is 1. The summed E-state index contributed by atoms with van der Waals surface area (Å²) >= 11 is 0. The van der Waals surface area contributed by atoms with Gasteiger partial charge in [-0.25, -0.2) is 0 Å². The van der Waals surface area contributed by atoms with Gasteiger partial charge in [0.1, 0.15) is 5.75 Å². The summed E-state index contributed by atoms with van der Waals surface area (Å²) in [6.07, 6.45) is -4.49. The lowest BCUT2D eigenvalue weighted by Gasteiger charge is -2.19. The van der Waals surface area contributed by atoms with Crippen molar-refractivity contribution in [2.75, 3.05) is 0 Å². The molecule has 0 aliphatic heterocycles. The monoisotopic (exact) mass is 286 g/mol. The molecule has 0 aliphatic carbocycles. The molecule has 1 rings (SSSR count). The number of hydrogen-bond donors (Lipinski definition) is 3. The Labute approximate surface area is 108 Å². The van der Waals surface area contributed by atoms with Gasteiger partial charge in [0.2, 0.25) is 0 Å². The van der Waals surface area contributed by atoms with Crippen molar-refractivity contribution in [2.24, 2.45) is 5.73 Å². The summed E-state index contributed by atoms with van der Waals surface area (Å²) in [5.74, 6) is -0.395. The standard InChI is InChI=1S/C10H13F3N2O2.ClH/c1-5-9(17)8(6(4-16)3-15-5)7(14)2-10(11,12)13;/h3,7,16-17H,2,4,14H2,1H3;1H/t7-;/m0./s1. The van der Waals surface area contributed by atoms with Gasteiger partial charge in [0.15, 0.2) is 0 Å². The second-order valence-electron chi connectivity index (χ2n) is 3.72. The Morgan fingerprint density at radius 3 is 2.44 bits per heavy atom. The molecule has 0 spiro atoms. The Morgan fingerprint density at radius 1 is 1.44 bits per heavy atom. The van der Waals surface area contributed by atoms with Gasteiger partial charge in [0, 0.05) is 23.4 Å². The average Bonchev–Trinajstić information content (AvgIpc) is 2.19. The van der Waals surface area contributed by atoms with E-state index in [1.807, 2.05) is 0 Å². The third-order valence-corrected chi connectivity index (χ3v) is 2.35. The van der Waals surface area contributed by atoms with Crippen molar-refractivity contribution in [1.82, 2.24) is 4.98 Å². The first kappa shape index (κ1) is 16.9. The molecule has 0 bridgehead atoms. The fraction of sp³-hybridized carbons (Fsp3) is 0.500. The van der Waals surface area contributed by atoms with Crippen molar-refractivity contribution in [3.8, 4) is 5.75 Å². The van der Waals surface area contributed by atoms with Gasteiger partial charge in [0.25, 0.3) is 0 Å². The van der Waals surface area contributed by atoms with Gasteiger partial charge in [-0.3, -0.25) is 4.98 Å². The summed E-state index contributed by atoms with van der Waals surface area (Å²) in [5, 5.41) is 18.6. The van der Waals surface area contributed by atoms with Crippen molar-refractivity contribution in [1.29, 1.82) is 0 Å². The second-order valence-corrected chi connectivity index (χ2v) is 3.72. The van der Waals surface area contributed by atoms with Crippen LogP contribution in [0, 0.1) is 6.92 Å². The number of halogens is 4. The molecule has 104 valence electrons. The largest absolute Gasteiger partial charge is 0.506 e. The van der Waals surface area contributed by atoms with Crippen LogP contribution in [0.5, 0.6) is 5.75 Å². The molecule has 0 unspecified atom stereocenters. The first-order valence-electron chi connectivity index (χ1n) is 4.86. The third kappa shape index (κ3) is 4.01. The molecule has 1 atom stereocenters. The molecule has 0 saturated heterocycles. The number of alkyl halides is 3. The summed E-state index contributed by atoms with van der Waals surface area (Å²) in [6.45, 7) is 0.919. The fourth-order valence-electron chi connectivity index (χ4n) is 1.54. The molecular formula is C10H14ClF3N2O2. The van der Waals surface area contributed by atoms with Crippen molar-refractivity contribution in [3.63, 3.8) is 0 Å². The number of aliphatic hydroxyl groups is 1. The van der Waals surface area contributed by atoms with Gasteiger partial charge in [-0.1, -0.05) is 0 Å². The topological polar surface area (TPSA) is 79.4 Å². The minimum absolute atomic E-state index is 0. The van der Waals surface area contributed by atoms with E-state index in [4.69, 9.17) is 10.8 Å². The lowest BCUT2D eigenvalue weighted by molar-refractivity contribution is -0.138. The second kappa shape index (κ2) is 6.21. The zero-order chi connectivity index (χ0) is 13.2. The highest BCUT2D eigenvalue weighted by Crippen LogP contribution is 2.35. The Hall–Kier alpha value is -1.05. The number of aryl methyl sites for hydroxylation is 1. The maximum atomic E-state index is 12.2. The highest BCUT2D eigenvalue weighted by Gasteiger charge is 2.33. The Morgan fingerprint density at radius 2 is 2.00 bits per heavy atom. The molecular weight excluding hydrogens is 273 g/mol. The Bertz CT molecular complexity index is 413. The van der Waals surface area contributed by atoms with E-state index < -0.39 is 31.0 Å². The van der Waals surface area contributed by atoms with Crippen LogP contribution in [0.1, 0.15) is 29.3 Å². The van der Waals surface area contributed by atoms with E-state index in [1.165, 1.54) is 13.1 Å². The minimum Gasteiger partial charge on any atom is -0.506 e. The van der Waals surface area contributed by atoms with E-state index in [0.717, 1.165) is 0 Å². The molecule has 1 heterocycles. The predicted octanol–water partition coefficient (Wildman–Crippen LogP) is 1.96. The zero-order valence-corrected chi connectivity index (χ0v) is 10.3. The normalized spacial score (nSPS) is 13.0. The predicted molar refractivity (Wildman–Crippen MR) is 61.4 cm³/mol. The minimum atomic E-state index is -4.43. The maximum absolute atomic E-state index is 12.2. The molecule has 18 heavy (non-hydrogen) atoms. The molecule has 0 aromatic carbocycles. The van der Waals surface area contributed by atoms with E-state index >= 15 is 0 Å². The van der Waals surface area contributed by atoms with Gasteiger partial charge in [0.05, 0.1) is 18.7 Å². The molecule has 0 fully saturated rings. The van der Waals surface area contributed by atoms with Crippen LogP contribution >= 0.6 is 12.4 Å². The van der Waals surface area contributed by atoms with Crippen LogP contribution in [0.3, 0.4) is 0 Å². The number of nitrogens with two attached hydrogens (primary N) is 1. The Balaban J connectivity index is 0.00000289. The first-order valence-corrected chi connectivity index (χ1v) is 4.86. The summed E-state index contributed by atoms with van der Waals surface area (Å²) in [4.78, 5) is 3.74. The number of rotatable bonds is 3. The van der Waals surface area contributed by atoms with Crippen molar-refractivity contribution in [2.45, 2.75) is 32.2 Å². The van der Waals surface area contributed by atoms with Crippen LogP contribution < -0.4 is 5.73 Å². The number of hydrogen-bond acceptors (Lipinski definition) is 4. The summed E-state index contributed by atoms with van der Waals surface area (Å²) in [5.41, 5.74) is 5.59. The van der Waals surface area contributed by atoms with Gasteiger partial charge in [-0.2, -0.15) is 13.2 Å². The Kier molecular flexibility index (Phi) is 5.85. The molecule has 8 heteroatoms. The van der Waals surface area contributed by atoms with Crippen LogP contribution in [-0.2, 0) is 6.61 Å². The first-order chi connectivity index (χ1) is 7.76. The van der Waals surface area contributed by atoms with Crippen molar-refractivity contribution < 1.29 is 23.4 Å². The summed E-state index contributed by atoms with van der Waals surface area (Å²) in [7, 11) is 0. The van der Waals surface area contributed by atoms with Crippen LogP contribution in [0.15, 0.2) is 6.20 Å². The van der Waals surface area contributed by atoms with Crippen molar-refractivity contribution >= 4 is 12.4 Å². The van der Waals surface area contributed by atoms with Gasteiger partial charge >= 0.3 is 6.18 Å².